The van der Waals surface area contributed by atoms with Gasteiger partial charge in [0.2, 0.25) is 5.91 Å². The smallest absolute Gasteiger partial charge is 0.258 e. The molecule has 0 spiro atoms. The molecule has 1 amide bonds. The van der Waals surface area contributed by atoms with Crippen LogP contribution in [0.1, 0.15) is 55.6 Å². The molecule has 6 nitrogen and oxygen atoms in total. The number of aromatic nitrogens is 1. The van der Waals surface area contributed by atoms with E-state index in [2.05, 4.69) is 10.2 Å². The summed E-state index contributed by atoms with van der Waals surface area (Å²) >= 11 is 0. The highest BCUT2D eigenvalue weighted by Gasteiger charge is 2.56. The van der Waals surface area contributed by atoms with Gasteiger partial charge in [0.25, 0.3) is 5.56 Å². The zero-order valence-electron chi connectivity index (χ0n) is 19.4. The van der Waals surface area contributed by atoms with Crippen molar-refractivity contribution in [1.82, 2.24) is 14.8 Å². The number of nitrogens with zero attached hydrogens (tertiary/aromatic N) is 2. The van der Waals surface area contributed by atoms with E-state index in [0.717, 1.165) is 17.8 Å². The summed E-state index contributed by atoms with van der Waals surface area (Å²) in [6, 6.07) is 13.5. The maximum Gasteiger partial charge on any atom is 0.258 e. The van der Waals surface area contributed by atoms with Gasteiger partial charge in [0.05, 0.1) is 18.0 Å². The fourth-order valence-electron chi connectivity index (χ4n) is 5.83. The fourth-order valence-corrected chi connectivity index (χ4v) is 5.83. The Labute approximate surface area is 194 Å². The largest absolute Gasteiger partial charge is 0.396 e. The number of pyridine rings is 1. The van der Waals surface area contributed by atoms with Crippen LogP contribution in [0.5, 0.6) is 0 Å². The van der Waals surface area contributed by atoms with E-state index in [-0.39, 0.29) is 42.1 Å². The molecular weight excluding hydrogens is 414 g/mol. The molecule has 2 aromatic rings. The zero-order chi connectivity index (χ0) is 23.1. The minimum absolute atomic E-state index is 0.0120. The first kappa shape index (κ1) is 22.1. The molecule has 2 bridgehead atoms. The molecule has 5 atom stereocenters. The van der Waals surface area contributed by atoms with E-state index in [0.29, 0.717) is 18.0 Å². The van der Waals surface area contributed by atoms with Crippen LogP contribution in [-0.2, 0) is 11.3 Å². The minimum Gasteiger partial charge on any atom is -0.396 e. The number of nitrogens with one attached hydrogen (secondary N) is 1. The number of aliphatic hydroxyl groups excluding tert-OH is 1. The monoisotopic (exact) mass is 447 g/mol. The van der Waals surface area contributed by atoms with E-state index in [1.165, 1.54) is 12.8 Å². The Morgan fingerprint density at radius 1 is 1.21 bits per heavy atom. The summed E-state index contributed by atoms with van der Waals surface area (Å²) in [5.41, 5.74) is 2.60. The topological polar surface area (TPSA) is 74.6 Å². The molecule has 6 heteroatoms. The number of hydrogen-bond acceptors (Lipinski definition) is 4. The number of hydrogen-bond donors (Lipinski definition) is 2. The predicted octanol–water partition coefficient (Wildman–Crippen LogP) is 3.13. The molecule has 2 fully saturated rings. The fraction of sp³-hybridized carbons (Fsp3) is 0.481. The first-order valence-electron chi connectivity index (χ1n) is 12.1. The zero-order valence-corrected chi connectivity index (χ0v) is 19.4. The number of carbonyl (C=O) groups excluding carboxylic acids is 1. The van der Waals surface area contributed by atoms with Crippen LogP contribution in [0.2, 0.25) is 0 Å². The van der Waals surface area contributed by atoms with Crippen LogP contribution in [0.4, 0.5) is 0 Å². The van der Waals surface area contributed by atoms with Crippen molar-refractivity contribution in [3.8, 4) is 0 Å². The number of carbonyl (C=O) groups is 1. The van der Waals surface area contributed by atoms with Crippen molar-refractivity contribution in [2.24, 2.45) is 17.8 Å². The van der Waals surface area contributed by atoms with Crippen molar-refractivity contribution in [1.29, 1.82) is 0 Å². The summed E-state index contributed by atoms with van der Waals surface area (Å²) in [5.74, 6) is 0.00363. The molecule has 0 radical (unpaired) electrons. The lowest BCUT2D eigenvalue weighted by Gasteiger charge is -2.38. The summed E-state index contributed by atoms with van der Waals surface area (Å²) in [4.78, 5) is 29.3. The molecule has 174 valence electrons. The molecule has 2 N–H and O–H groups in total. The van der Waals surface area contributed by atoms with Crippen LogP contribution in [0, 0.1) is 17.8 Å². The van der Waals surface area contributed by atoms with Gasteiger partial charge in [-0.15, -0.1) is 0 Å². The lowest BCUT2D eigenvalue weighted by atomic mass is 9.86. The molecule has 0 unspecified atom stereocenters. The van der Waals surface area contributed by atoms with Crippen molar-refractivity contribution in [2.75, 3.05) is 13.2 Å². The molecule has 2 aliphatic heterocycles. The van der Waals surface area contributed by atoms with E-state index in [1.807, 2.05) is 73.0 Å². The first-order chi connectivity index (χ1) is 16.0. The van der Waals surface area contributed by atoms with Gasteiger partial charge >= 0.3 is 0 Å². The van der Waals surface area contributed by atoms with Crippen molar-refractivity contribution < 1.29 is 9.90 Å². The highest BCUT2D eigenvalue weighted by molar-refractivity contribution is 5.81. The molecule has 1 aromatic carbocycles. The normalized spacial score (nSPS) is 27.5. The average Bonchev–Trinajstić information content (AvgIpc) is 3.61. The SMILES string of the molecule is C/C=C\c1ccc2n(c1=O)C[C@H]1[C@H](CO)[C@@H](C(=O)N[C@H](C)c3ccccc3)[C@@H]2N1CC1CC1. The second-order valence-electron chi connectivity index (χ2n) is 9.79. The van der Waals surface area contributed by atoms with Gasteiger partial charge in [0.1, 0.15) is 0 Å². The van der Waals surface area contributed by atoms with Crippen molar-refractivity contribution in [2.45, 2.75) is 51.4 Å². The van der Waals surface area contributed by atoms with Gasteiger partial charge in [-0.2, -0.15) is 0 Å². The standard InChI is InChI=1S/C27H33N3O3/c1-3-7-20-12-13-22-25-24(26(32)28-17(2)19-8-5-4-6-9-19)21(16-31)23(15-30(22)27(20)33)29(25)14-18-10-11-18/h3-9,12-13,17-18,21,23-25,31H,10-11,14-16H2,1-2H3,(H,28,32)/b7-3-/t17-,21+,23+,24-,25-/m1/s1. The highest BCUT2D eigenvalue weighted by atomic mass is 16.3. The Hall–Kier alpha value is -2.70. The lowest BCUT2D eigenvalue weighted by Crippen LogP contribution is -2.47. The lowest BCUT2D eigenvalue weighted by molar-refractivity contribution is -0.128. The van der Waals surface area contributed by atoms with Gasteiger partial charge in [0, 0.05) is 42.9 Å². The van der Waals surface area contributed by atoms with Crippen LogP contribution in [0.15, 0.2) is 53.3 Å². The van der Waals surface area contributed by atoms with E-state index >= 15 is 0 Å². The van der Waals surface area contributed by atoms with Crippen molar-refractivity contribution in [3.63, 3.8) is 0 Å². The maximum atomic E-state index is 13.7. The predicted molar refractivity (Wildman–Crippen MR) is 128 cm³/mol. The molecular formula is C27H33N3O3. The molecule has 1 aliphatic carbocycles. The molecule has 1 aromatic heterocycles. The Morgan fingerprint density at radius 3 is 2.64 bits per heavy atom. The third-order valence-electron chi connectivity index (χ3n) is 7.67. The third-order valence-corrected chi connectivity index (χ3v) is 7.67. The molecule has 1 saturated carbocycles. The number of aliphatic hydroxyl groups is 1. The van der Waals surface area contributed by atoms with E-state index in [1.54, 1.807) is 0 Å². The Balaban J connectivity index is 1.52. The van der Waals surface area contributed by atoms with E-state index in [9.17, 15) is 14.7 Å². The van der Waals surface area contributed by atoms with Crippen LogP contribution >= 0.6 is 0 Å². The van der Waals surface area contributed by atoms with Gasteiger partial charge in [-0.1, -0.05) is 42.5 Å². The van der Waals surface area contributed by atoms with Crippen molar-refractivity contribution in [3.05, 3.63) is 75.7 Å². The highest BCUT2D eigenvalue weighted by Crippen LogP contribution is 2.50. The molecule has 3 heterocycles. The Kier molecular flexibility index (Phi) is 5.97. The second-order valence-corrected chi connectivity index (χ2v) is 9.79. The maximum absolute atomic E-state index is 13.7. The average molecular weight is 448 g/mol. The van der Waals surface area contributed by atoms with Gasteiger partial charge in [-0.25, -0.2) is 0 Å². The molecule has 3 aliphatic rings. The quantitative estimate of drug-likeness (QED) is 0.684. The van der Waals surface area contributed by atoms with Crippen LogP contribution in [-0.4, -0.2) is 39.7 Å². The van der Waals surface area contributed by atoms with Crippen molar-refractivity contribution >= 4 is 12.0 Å². The Bertz CT molecular complexity index is 1110. The summed E-state index contributed by atoms with van der Waals surface area (Å²) in [7, 11) is 0. The summed E-state index contributed by atoms with van der Waals surface area (Å²) in [6.07, 6.45) is 6.14. The van der Waals surface area contributed by atoms with Crippen LogP contribution in [0.25, 0.3) is 6.08 Å². The van der Waals surface area contributed by atoms with Crippen LogP contribution in [0.3, 0.4) is 0 Å². The number of benzene rings is 1. The van der Waals surface area contributed by atoms with Gasteiger partial charge in [-0.3, -0.25) is 14.5 Å². The van der Waals surface area contributed by atoms with Gasteiger partial charge in [0.15, 0.2) is 0 Å². The number of rotatable bonds is 7. The number of amides is 1. The molecule has 5 rings (SSSR count). The summed E-state index contributed by atoms with van der Waals surface area (Å²) < 4.78 is 1.85. The summed E-state index contributed by atoms with van der Waals surface area (Å²) in [6.45, 7) is 5.28. The first-order valence-corrected chi connectivity index (χ1v) is 12.1. The van der Waals surface area contributed by atoms with E-state index in [4.69, 9.17) is 0 Å². The third kappa shape index (κ3) is 3.96. The summed E-state index contributed by atoms with van der Waals surface area (Å²) in [5, 5.41) is 13.6. The number of allylic oxidation sites excluding steroid dienone is 1. The Morgan fingerprint density at radius 2 is 1.97 bits per heavy atom. The molecule has 1 saturated heterocycles. The van der Waals surface area contributed by atoms with Gasteiger partial charge in [-0.05, 0) is 50.3 Å². The van der Waals surface area contributed by atoms with Crippen LogP contribution < -0.4 is 10.9 Å². The van der Waals surface area contributed by atoms with Gasteiger partial charge < -0.3 is 15.0 Å². The number of fused-ring (bicyclic) bond motifs is 4. The second kappa shape index (κ2) is 8.92. The van der Waals surface area contributed by atoms with E-state index < -0.39 is 5.92 Å². The molecule has 33 heavy (non-hydrogen) atoms. The minimum atomic E-state index is -0.398.